The normalized spacial score (nSPS) is 32.1. The monoisotopic (exact) mass is 434 g/mol. The van der Waals surface area contributed by atoms with Gasteiger partial charge in [0.15, 0.2) is 5.96 Å². The number of nitrogens with zero attached hydrogens (tertiary/aromatic N) is 2. The maximum atomic E-state index is 5.94. The number of nitrogens with one attached hydrogen (secondary N) is 2. The number of para-hydroxylation sites is 1. The Balaban J connectivity index is 1.38. The fourth-order valence-corrected chi connectivity index (χ4v) is 5.59. The molecule has 0 radical (unpaired) electrons. The highest BCUT2D eigenvalue weighted by atomic mass is 79.9. The molecule has 1 saturated carbocycles. The summed E-state index contributed by atoms with van der Waals surface area (Å²) in [6.07, 6.45) is 2.68. The molecule has 6 heteroatoms. The van der Waals surface area contributed by atoms with Crippen LogP contribution in [0.2, 0.25) is 0 Å². The average Bonchev–Trinajstić information content (AvgIpc) is 3.28. The number of rotatable bonds is 4. The van der Waals surface area contributed by atoms with E-state index < -0.39 is 0 Å². The Morgan fingerprint density at radius 3 is 2.89 bits per heavy atom. The Labute approximate surface area is 171 Å². The molecular formula is C21H31BrN4O. The van der Waals surface area contributed by atoms with Crippen LogP contribution in [0.5, 0.6) is 0 Å². The first-order chi connectivity index (χ1) is 13.0. The predicted molar refractivity (Wildman–Crippen MR) is 114 cm³/mol. The lowest BCUT2D eigenvalue weighted by Gasteiger charge is -2.55. The molecule has 2 N–H and O–H groups in total. The molecule has 3 fully saturated rings. The van der Waals surface area contributed by atoms with E-state index in [9.17, 15) is 0 Å². The van der Waals surface area contributed by atoms with Crippen LogP contribution in [0.3, 0.4) is 0 Å². The van der Waals surface area contributed by atoms with E-state index in [1.807, 2.05) is 0 Å². The van der Waals surface area contributed by atoms with Gasteiger partial charge in [-0.15, -0.1) is 0 Å². The van der Waals surface area contributed by atoms with Crippen LogP contribution in [0.25, 0.3) is 0 Å². The summed E-state index contributed by atoms with van der Waals surface area (Å²) in [6, 6.07) is 9.31. The Kier molecular flexibility index (Phi) is 5.39. The van der Waals surface area contributed by atoms with E-state index in [-0.39, 0.29) is 5.41 Å². The molecule has 0 aromatic heterocycles. The lowest BCUT2D eigenvalue weighted by Crippen LogP contribution is -2.68. The van der Waals surface area contributed by atoms with Crippen molar-refractivity contribution in [3.05, 3.63) is 28.7 Å². The van der Waals surface area contributed by atoms with E-state index in [0.717, 1.165) is 49.5 Å². The lowest BCUT2D eigenvalue weighted by atomic mass is 9.57. The Bertz CT molecular complexity index is 707. The van der Waals surface area contributed by atoms with Gasteiger partial charge >= 0.3 is 0 Å². The number of aliphatic imine (C=N–C) groups is 1. The fourth-order valence-electron chi connectivity index (χ4n) is 5.05. The average molecular weight is 435 g/mol. The van der Waals surface area contributed by atoms with Gasteiger partial charge in [0.1, 0.15) is 0 Å². The molecule has 2 heterocycles. The number of hydrogen-bond acceptors (Lipinski definition) is 3. The first kappa shape index (κ1) is 19.1. The highest BCUT2D eigenvalue weighted by Crippen LogP contribution is 2.52. The van der Waals surface area contributed by atoms with Crippen molar-refractivity contribution in [1.82, 2.24) is 10.6 Å². The smallest absolute Gasteiger partial charge is 0.191 e. The zero-order valence-electron chi connectivity index (χ0n) is 16.5. The van der Waals surface area contributed by atoms with Gasteiger partial charge in [0, 0.05) is 54.1 Å². The van der Waals surface area contributed by atoms with Crippen molar-refractivity contribution in [3.8, 4) is 0 Å². The van der Waals surface area contributed by atoms with Gasteiger partial charge in [-0.25, -0.2) is 0 Å². The second kappa shape index (κ2) is 7.63. The molecule has 27 heavy (non-hydrogen) atoms. The quantitative estimate of drug-likeness (QED) is 0.563. The topological polar surface area (TPSA) is 48.9 Å². The minimum Gasteiger partial charge on any atom is -0.377 e. The third kappa shape index (κ3) is 3.58. The van der Waals surface area contributed by atoms with Crippen LogP contribution in [-0.4, -0.2) is 50.4 Å². The van der Waals surface area contributed by atoms with Crippen LogP contribution in [0.15, 0.2) is 33.7 Å². The molecule has 0 bridgehead atoms. The maximum Gasteiger partial charge on any atom is 0.191 e. The molecule has 148 valence electrons. The number of fused-ring (bicyclic) bond motifs is 1. The van der Waals surface area contributed by atoms with E-state index in [0.29, 0.717) is 24.1 Å². The molecule has 4 rings (SSSR count). The summed E-state index contributed by atoms with van der Waals surface area (Å²) in [5.41, 5.74) is 1.43. The molecule has 0 spiro atoms. The number of benzene rings is 1. The molecule has 2 aliphatic heterocycles. The molecule has 2 saturated heterocycles. The molecule has 4 unspecified atom stereocenters. The third-order valence-electron chi connectivity index (χ3n) is 6.43. The van der Waals surface area contributed by atoms with E-state index in [1.165, 1.54) is 5.69 Å². The maximum absolute atomic E-state index is 5.94. The number of anilines is 1. The summed E-state index contributed by atoms with van der Waals surface area (Å²) in [5.74, 6) is 1.57. The van der Waals surface area contributed by atoms with Crippen molar-refractivity contribution in [3.63, 3.8) is 0 Å². The summed E-state index contributed by atoms with van der Waals surface area (Å²) in [6.45, 7) is 10.5. The first-order valence-electron chi connectivity index (χ1n) is 10.2. The minimum absolute atomic E-state index is 0.161. The van der Waals surface area contributed by atoms with E-state index >= 15 is 0 Å². The van der Waals surface area contributed by atoms with Gasteiger partial charge in [-0.2, -0.15) is 0 Å². The van der Waals surface area contributed by atoms with Crippen molar-refractivity contribution >= 4 is 27.6 Å². The highest BCUT2D eigenvalue weighted by molar-refractivity contribution is 9.10. The number of ether oxygens (including phenoxy) is 1. The van der Waals surface area contributed by atoms with Gasteiger partial charge in [0.25, 0.3) is 0 Å². The van der Waals surface area contributed by atoms with Crippen molar-refractivity contribution in [2.45, 2.75) is 51.8 Å². The van der Waals surface area contributed by atoms with Crippen molar-refractivity contribution in [1.29, 1.82) is 0 Å². The molecule has 1 aromatic rings. The second-order valence-corrected chi connectivity index (χ2v) is 9.39. The van der Waals surface area contributed by atoms with Gasteiger partial charge in [0.2, 0.25) is 0 Å². The minimum atomic E-state index is 0.161. The van der Waals surface area contributed by atoms with Gasteiger partial charge < -0.3 is 20.3 Å². The van der Waals surface area contributed by atoms with Crippen molar-refractivity contribution < 1.29 is 4.74 Å². The van der Waals surface area contributed by atoms with Gasteiger partial charge in [-0.1, -0.05) is 26.0 Å². The van der Waals surface area contributed by atoms with E-state index in [2.05, 4.69) is 76.5 Å². The van der Waals surface area contributed by atoms with Crippen LogP contribution >= 0.6 is 15.9 Å². The number of halogens is 1. The summed E-state index contributed by atoms with van der Waals surface area (Å²) in [7, 11) is 0. The molecule has 1 aromatic carbocycles. The predicted octanol–water partition coefficient (Wildman–Crippen LogP) is 3.40. The highest BCUT2D eigenvalue weighted by Gasteiger charge is 2.59. The molecule has 4 atom stereocenters. The van der Waals surface area contributed by atoms with Crippen LogP contribution in [0.1, 0.15) is 33.6 Å². The zero-order chi connectivity index (χ0) is 19.0. The summed E-state index contributed by atoms with van der Waals surface area (Å²) in [5, 5.41) is 7.43. The largest absolute Gasteiger partial charge is 0.377 e. The molecule has 3 aliphatic rings. The second-order valence-electron chi connectivity index (χ2n) is 8.54. The Morgan fingerprint density at radius 1 is 1.30 bits per heavy atom. The van der Waals surface area contributed by atoms with Gasteiger partial charge in [-0.3, -0.25) is 4.99 Å². The van der Waals surface area contributed by atoms with E-state index in [4.69, 9.17) is 9.73 Å². The van der Waals surface area contributed by atoms with Crippen LogP contribution < -0.4 is 15.5 Å². The zero-order valence-corrected chi connectivity index (χ0v) is 18.1. The van der Waals surface area contributed by atoms with Crippen LogP contribution in [0.4, 0.5) is 5.69 Å². The summed E-state index contributed by atoms with van der Waals surface area (Å²) < 4.78 is 7.10. The van der Waals surface area contributed by atoms with Gasteiger partial charge in [0.05, 0.1) is 11.8 Å². The van der Waals surface area contributed by atoms with E-state index in [1.54, 1.807) is 0 Å². The SMILES string of the molecule is CCN=C(NC1CCN(c2ccccc2Br)C1)NC1C2CCOC2C1(C)C. The first-order valence-corrected chi connectivity index (χ1v) is 11.0. The molecule has 0 amide bonds. The van der Waals surface area contributed by atoms with Crippen molar-refractivity contribution in [2.24, 2.45) is 16.3 Å². The summed E-state index contributed by atoms with van der Waals surface area (Å²) in [4.78, 5) is 7.17. The lowest BCUT2D eigenvalue weighted by molar-refractivity contribution is -0.106. The van der Waals surface area contributed by atoms with Crippen LogP contribution in [0, 0.1) is 11.3 Å². The third-order valence-corrected chi connectivity index (χ3v) is 7.10. The standard InChI is InChI=1S/C21H31BrN4O/c1-4-23-20(25-18-15-10-12-27-19(15)21(18,2)3)24-14-9-11-26(13-14)17-8-6-5-7-16(17)22/h5-8,14-15,18-19H,4,9-13H2,1-3H3,(H2,23,24,25). The fraction of sp³-hybridized carbons (Fsp3) is 0.667. The molecule has 1 aliphatic carbocycles. The molecular weight excluding hydrogens is 404 g/mol. The Morgan fingerprint density at radius 2 is 2.11 bits per heavy atom. The number of hydrogen-bond donors (Lipinski definition) is 2. The van der Waals surface area contributed by atoms with Crippen LogP contribution in [-0.2, 0) is 4.74 Å². The summed E-state index contributed by atoms with van der Waals surface area (Å²) >= 11 is 3.68. The van der Waals surface area contributed by atoms with Gasteiger partial charge in [-0.05, 0) is 47.8 Å². The molecule has 5 nitrogen and oxygen atoms in total. The Hall–Kier alpha value is -1.27. The number of guanidine groups is 1. The van der Waals surface area contributed by atoms with Crippen molar-refractivity contribution in [2.75, 3.05) is 31.1 Å².